The third-order valence-corrected chi connectivity index (χ3v) is 2.81. The lowest BCUT2D eigenvalue weighted by atomic mass is 10.1. The zero-order chi connectivity index (χ0) is 12.0. The number of halogens is 1. The summed E-state index contributed by atoms with van der Waals surface area (Å²) in [5.41, 5.74) is 0.494. The number of piperidine rings is 1. The summed E-state index contributed by atoms with van der Waals surface area (Å²) in [6.45, 7) is 5.28. The van der Waals surface area contributed by atoms with Crippen molar-refractivity contribution >= 4 is 5.78 Å². The highest BCUT2D eigenvalue weighted by Gasteiger charge is 2.08. The first-order chi connectivity index (χ1) is 7.63. The van der Waals surface area contributed by atoms with Crippen LogP contribution < -0.4 is 0 Å². The Morgan fingerprint density at radius 3 is 2.50 bits per heavy atom. The Morgan fingerprint density at radius 1 is 1.31 bits per heavy atom. The molecule has 0 aromatic heterocycles. The number of allylic oxidation sites excluding steroid dienone is 3. The Bertz CT molecular complexity index is 301. The van der Waals surface area contributed by atoms with E-state index in [0.717, 1.165) is 25.9 Å². The summed E-state index contributed by atoms with van der Waals surface area (Å²) in [7, 11) is 0. The van der Waals surface area contributed by atoms with Gasteiger partial charge < -0.3 is 4.90 Å². The van der Waals surface area contributed by atoms with Crippen LogP contribution in [0.25, 0.3) is 0 Å². The third-order valence-electron chi connectivity index (χ3n) is 2.81. The summed E-state index contributed by atoms with van der Waals surface area (Å²) in [6, 6.07) is 0. The van der Waals surface area contributed by atoms with Crippen LogP contribution in [0.1, 0.15) is 39.5 Å². The number of carbonyl (C=O) groups excluding carboxylic acids is 1. The number of nitrogens with zero attached hydrogens (tertiary/aromatic N) is 1. The zero-order valence-electron chi connectivity index (χ0n) is 10.1. The second kappa shape index (κ2) is 6.46. The zero-order valence-corrected chi connectivity index (χ0v) is 10.1. The van der Waals surface area contributed by atoms with Crippen molar-refractivity contribution in [2.45, 2.75) is 39.5 Å². The lowest BCUT2D eigenvalue weighted by Crippen LogP contribution is -2.24. The van der Waals surface area contributed by atoms with Crippen molar-refractivity contribution in [3.05, 3.63) is 23.7 Å². The molecule has 0 amide bonds. The van der Waals surface area contributed by atoms with Crippen molar-refractivity contribution in [3.8, 4) is 0 Å². The van der Waals surface area contributed by atoms with Gasteiger partial charge in [0.05, 0.1) is 0 Å². The van der Waals surface area contributed by atoms with Crippen LogP contribution in [0.3, 0.4) is 0 Å². The number of rotatable bonds is 4. The molecule has 0 atom stereocenters. The number of likely N-dealkylation sites (tertiary alicyclic amines) is 1. The molecule has 90 valence electrons. The van der Waals surface area contributed by atoms with Gasteiger partial charge in [-0.3, -0.25) is 4.79 Å². The Labute approximate surface area is 96.8 Å². The smallest absolute Gasteiger partial charge is 0.158 e. The van der Waals surface area contributed by atoms with Gasteiger partial charge in [-0.15, -0.1) is 0 Å². The van der Waals surface area contributed by atoms with Gasteiger partial charge >= 0.3 is 0 Å². The minimum absolute atomic E-state index is 0.00203. The van der Waals surface area contributed by atoms with E-state index in [1.54, 1.807) is 13.8 Å². The molecule has 0 aromatic rings. The first-order valence-corrected chi connectivity index (χ1v) is 5.96. The fraction of sp³-hybridized carbons (Fsp3) is 0.615. The molecule has 1 heterocycles. The van der Waals surface area contributed by atoms with Gasteiger partial charge in [0.2, 0.25) is 0 Å². The molecule has 3 heteroatoms. The molecule has 0 N–H and O–H groups in total. The maximum atomic E-state index is 13.5. The second-order valence-electron chi connectivity index (χ2n) is 4.21. The van der Waals surface area contributed by atoms with Crippen LogP contribution in [-0.4, -0.2) is 23.8 Å². The van der Waals surface area contributed by atoms with E-state index in [1.807, 2.05) is 4.90 Å². The van der Waals surface area contributed by atoms with Gasteiger partial charge in [-0.05, 0) is 37.8 Å². The van der Waals surface area contributed by atoms with Gasteiger partial charge in [0, 0.05) is 25.7 Å². The van der Waals surface area contributed by atoms with Gasteiger partial charge in [0.15, 0.2) is 5.78 Å². The standard InChI is InChI=1S/C13H20FNO/c1-3-13(16)11(2)9-12(14)10-15-7-5-4-6-8-15/h9-10H,3-8H2,1-2H3/b11-9+,12-10-. The fourth-order valence-corrected chi connectivity index (χ4v) is 1.83. The molecule has 2 nitrogen and oxygen atoms in total. The van der Waals surface area contributed by atoms with Gasteiger partial charge in [-0.25, -0.2) is 4.39 Å². The molecule has 0 bridgehead atoms. The number of hydrogen-bond acceptors (Lipinski definition) is 2. The maximum absolute atomic E-state index is 13.5. The van der Waals surface area contributed by atoms with Crippen molar-refractivity contribution in [2.24, 2.45) is 0 Å². The minimum Gasteiger partial charge on any atom is -0.375 e. The van der Waals surface area contributed by atoms with Gasteiger partial charge in [-0.2, -0.15) is 0 Å². The van der Waals surface area contributed by atoms with Gasteiger partial charge in [0.25, 0.3) is 0 Å². The average Bonchev–Trinajstić information content (AvgIpc) is 2.29. The predicted molar refractivity (Wildman–Crippen MR) is 63.7 cm³/mol. The Morgan fingerprint density at radius 2 is 1.94 bits per heavy atom. The SMILES string of the molecule is CCC(=O)/C(C)=C/C(F)=C/N1CCCCC1. The summed E-state index contributed by atoms with van der Waals surface area (Å²) in [6.07, 6.45) is 6.77. The molecular formula is C13H20FNO. The van der Waals surface area contributed by atoms with E-state index < -0.39 is 0 Å². The topological polar surface area (TPSA) is 20.3 Å². The molecule has 0 spiro atoms. The van der Waals surface area contributed by atoms with Crippen LogP contribution in [0, 0.1) is 0 Å². The van der Waals surface area contributed by atoms with E-state index in [4.69, 9.17) is 0 Å². The summed E-state index contributed by atoms with van der Waals surface area (Å²) in [4.78, 5) is 13.2. The molecular weight excluding hydrogens is 205 g/mol. The highest BCUT2D eigenvalue weighted by molar-refractivity contribution is 5.94. The van der Waals surface area contributed by atoms with E-state index >= 15 is 0 Å². The molecule has 0 radical (unpaired) electrons. The maximum Gasteiger partial charge on any atom is 0.158 e. The summed E-state index contributed by atoms with van der Waals surface area (Å²) >= 11 is 0. The van der Waals surface area contributed by atoms with E-state index in [0.29, 0.717) is 12.0 Å². The predicted octanol–water partition coefficient (Wildman–Crippen LogP) is 3.21. The monoisotopic (exact) mass is 225 g/mol. The molecule has 16 heavy (non-hydrogen) atoms. The highest BCUT2D eigenvalue weighted by atomic mass is 19.1. The Kier molecular flexibility index (Phi) is 5.23. The van der Waals surface area contributed by atoms with Crippen molar-refractivity contribution in [1.29, 1.82) is 0 Å². The lowest BCUT2D eigenvalue weighted by molar-refractivity contribution is -0.115. The molecule has 1 fully saturated rings. The van der Waals surface area contributed by atoms with Gasteiger partial charge in [0.1, 0.15) is 5.83 Å². The van der Waals surface area contributed by atoms with Crippen LogP contribution in [0.15, 0.2) is 23.7 Å². The van der Waals surface area contributed by atoms with Crippen molar-refractivity contribution in [3.63, 3.8) is 0 Å². The quantitative estimate of drug-likeness (QED) is 0.541. The summed E-state index contributed by atoms with van der Waals surface area (Å²) in [5.74, 6) is -0.316. The molecule has 1 saturated heterocycles. The summed E-state index contributed by atoms with van der Waals surface area (Å²) in [5, 5.41) is 0. The molecule has 0 aromatic carbocycles. The average molecular weight is 225 g/mol. The van der Waals surface area contributed by atoms with Crippen molar-refractivity contribution < 1.29 is 9.18 Å². The largest absolute Gasteiger partial charge is 0.375 e. The normalized spacial score (nSPS) is 18.8. The van der Waals surface area contributed by atoms with Crippen LogP contribution in [0.5, 0.6) is 0 Å². The molecule has 1 aliphatic heterocycles. The van der Waals surface area contributed by atoms with E-state index in [2.05, 4.69) is 0 Å². The number of ketones is 1. The second-order valence-corrected chi connectivity index (χ2v) is 4.21. The lowest BCUT2D eigenvalue weighted by Gasteiger charge is -2.24. The third kappa shape index (κ3) is 4.17. The van der Waals surface area contributed by atoms with Crippen LogP contribution in [-0.2, 0) is 4.79 Å². The Balaban J connectivity index is 2.58. The van der Waals surface area contributed by atoms with Gasteiger partial charge in [-0.1, -0.05) is 6.92 Å². The van der Waals surface area contributed by atoms with Crippen LogP contribution in [0.4, 0.5) is 4.39 Å². The van der Waals surface area contributed by atoms with Crippen LogP contribution >= 0.6 is 0 Å². The molecule has 0 aliphatic carbocycles. The molecule has 1 aliphatic rings. The number of carbonyl (C=O) groups is 1. The van der Waals surface area contributed by atoms with E-state index in [9.17, 15) is 9.18 Å². The van der Waals surface area contributed by atoms with Crippen molar-refractivity contribution in [1.82, 2.24) is 4.90 Å². The number of Topliss-reactive ketones (excluding diaryl/α,β-unsaturated/α-hetero) is 1. The van der Waals surface area contributed by atoms with E-state index in [-0.39, 0.29) is 11.6 Å². The van der Waals surface area contributed by atoms with E-state index in [1.165, 1.54) is 18.7 Å². The number of hydrogen-bond donors (Lipinski definition) is 0. The highest BCUT2D eigenvalue weighted by Crippen LogP contribution is 2.13. The molecule has 0 unspecified atom stereocenters. The first-order valence-electron chi connectivity index (χ1n) is 5.96. The Hall–Kier alpha value is -1.12. The first kappa shape index (κ1) is 12.9. The molecule has 0 saturated carbocycles. The minimum atomic E-state index is -0.318. The molecule has 1 rings (SSSR count). The summed E-state index contributed by atoms with van der Waals surface area (Å²) < 4.78 is 13.5. The van der Waals surface area contributed by atoms with Crippen molar-refractivity contribution in [2.75, 3.05) is 13.1 Å². The van der Waals surface area contributed by atoms with Crippen LogP contribution in [0.2, 0.25) is 0 Å². The fourth-order valence-electron chi connectivity index (χ4n) is 1.83.